The van der Waals surface area contributed by atoms with Gasteiger partial charge in [0.1, 0.15) is 5.69 Å². The molecule has 5 heteroatoms. The molecule has 1 aliphatic heterocycles. The maximum atomic E-state index is 12.3. The number of piperidine rings is 1. The summed E-state index contributed by atoms with van der Waals surface area (Å²) in [6.07, 6.45) is 2.61. The van der Waals surface area contributed by atoms with Gasteiger partial charge in [0.05, 0.1) is 6.10 Å². The fourth-order valence-electron chi connectivity index (χ4n) is 2.25. The van der Waals surface area contributed by atoms with E-state index in [9.17, 15) is 4.79 Å². The molecule has 0 spiro atoms. The average Bonchev–Trinajstić information content (AvgIpc) is 2.38. The topological polar surface area (TPSA) is 68.5 Å². The molecule has 0 bridgehead atoms. The standard InChI is InChI=1S/C13H19N3O2/c1-9-4-6-16(8-12(9)18-2)13(17)11-7-10(14)3-5-15-11/h3,5,7,9,12H,4,6,8H2,1-2H3,(H2,14,15). The molecule has 0 aliphatic carbocycles. The number of nitrogens with two attached hydrogens (primary N) is 1. The minimum absolute atomic E-state index is 0.0729. The van der Waals surface area contributed by atoms with E-state index in [1.54, 1.807) is 30.3 Å². The highest BCUT2D eigenvalue weighted by molar-refractivity contribution is 5.93. The number of likely N-dealkylation sites (tertiary alicyclic amines) is 1. The van der Waals surface area contributed by atoms with Crippen LogP contribution in [-0.4, -0.2) is 42.1 Å². The minimum Gasteiger partial charge on any atom is -0.399 e. The molecule has 0 radical (unpaired) electrons. The molecule has 1 saturated heterocycles. The molecule has 2 N–H and O–H groups in total. The number of rotatable bonds is 2. The molecule has 5 nitrogen and oxygen atoms in total. The lowest BCUT2D eigenvalue weighted by atomic mass is 9.95. The second-order valence-corrected chi connectivity index (χ2v) is 4.77. The lowest BCUT2D eigenvalue weighted by Crippen LogP contribution is -2.46. The van der Waals surface area contributed by atoms with Gasteiger partial charge < -0.3 is 15.4 Å². The van der Waals surface area contributed by atoms with Gasteiger partial charge in [0.25, 0.3) is 5.91 Å². The van der Waals surface area contributed by atoms with Crippen molar-refractivity contribution in [1.82, 2.24) is 9.88 Å². The number of anilines is 1. The Morgan fingerprint density at radius 1 is 1.61 bits per heavy atom. The molecule has 1 fully saturated rings. The van der Waals surface area contributed by atoms with Crippen molar-refractivity contribution in [3.8, 4) is 0 Å². The molecule has 0 aromatic carbocycles. The fourth-order valence-corrected chi connectivity index (χ4v) is 2.25. The van der Waals surface area contributed by atoms with E-state index < -0.39 is 0 Å². The number of aromatic nitrogens is 1. The Balaban J connectivity index is 2.10. The Hall–Kier alpha value is -1.62. The third-order valence-corrected chi connectivity index (χ3v) is 3.48. The molecule has 98 valence electrons. The fraction of sp³-hybridized carbons (Fsp3) is 0.538. The van der Waals surface area contributed by atoms with Crippen molar-refractivity contribution >= 4 is 11.6 Å². The normalized spacial score (nSPS) is 24.0. The number of nitrogen functional groups attached to an aromatic ring is 1. The number of nitrogens with zero attached hydrogens (tertiary/aromatic N) is 2. The summed E-state index contributed by atoms with van der Waals surface area (Å²) >= 11 is 0. The van der Waals surface area contributed by atoms with Gasteiger partial charge in [-0.25, -0.2) is 0 Å². The molecule has 2 rings (SSSR count). The van der Waals surface area contributed by atoms with Gasteiger partial charge in [0, 0.05) is 32.1 Å². The van der Waals surface area contributed by atoms with E-state index in [4.69, 9.17) is 10.5 Å². The Labute approximate surface area is 107 Å². The first kappa shape index (κ1) is 12.8. The number of carbonyl (C=O) groups is 1. The van der Waals surface area contributed by atoms with Crippen LogP contribution in [0.25, 0.3) is 0 Å². The van der Waals surface area contributed by atoms with Gasteiger partial charge in [0.2, 0.25) is 0 Å². The molecule has 1 aromatic heterocycles. The van der Waals surface area contributed by atoms with Gasteiger partial charge >= 0.3 is 0 Å². The Kier molecular flexibility index (Phi) is 3.81. The van der Waals surface area contributed by atoms with E-state index in [0.717, 1.165) is 13.0 Å². The van der Waals surface area contributed by atoms with E-state index in [1.165, 1.54) is 0 Å². The predicted molar refractivity (Wildman–Crippen MR) is 69.1 cm³/mol. The van der Waals surface area contributed by atoms with Gasteiger partial charge in [-0.15, -0.1) is 0 Å². The van der Waals surface area contributed by atoms with Crippen molar-refractivity contribution < 1.29 is 9.53 Å². The zero-order valence-electron chi connectivity index (χ0n) is 10.8. The zero-order valence-corrected chi connectivity index (χ0v) is 10.8. The molecule has 1 amide bonds. The first-order valence-corrected chi connectivity index (χ1v) is 6.15. The van der Waals surface area contributed by atoms with E-state index in [-0.39, 0.29) is 12.0 Å². The molecular weight excluding hydrogens is 230 g/mol. The number of carbonyl (C=O) groups excluding carboxylic acids is 1. The van der Waals surface area contributed by atoms with Crippen molar-refractivity contribution in [2.45, 2.75) is 19.4 Å². The Bertz CT molecular complexity index is 436. The maximum Gasteiger partial charge on any atom is 0.272 e. The van der Waals surface area contributed by atoms with Crippen molar-refractivity contribution in [2.24, 2.45) is 5.92 Å². The van der Waals surface area contributed by atoms with Crippen LogP contribution >= 0.6 is 0 Å². The van der Waals surface area contributed by atoms with Crippen molar-refractivity contribution in [1.29, 1.82) is 0 Å². The summed E-state index contributed by atoms with van der Waals surface area (Å²) in [5.41, 5.74) is 6.63. The molecule has 1 aromatic rings. The van der Waals surface area contributed by atoms with Crippen LogP contribution in [0.1, 0.15) is 23.8 Å². The minimum atomic E-state index is -0.0729. The summed E-state index contributed by atoms with van der Waals surface area (Å²) < 4.78 is 5.40. The number of pyridine rings is 1. The summed E-state index contributed by atoms with van der Waals surface area (Å²) in [4.78, 5) is 18.1. The smallest absolute Gasteiger partial charge is 0.272 e. The van der Waals surface area contributed by atoms with Crippen LogP contribution in [0, 0.1) is 5.92 Å². The first-order valence-electron chi connectivity index (χ1n) is 6.15. The van der Waals surface area contributed by atoms with E-state index in [0.29, 0.717) is 23.8 Å². The highest BCUT2D eigenvalue weighted by atomic mass is 16.5. The number of ether oxygens (including phenoxy) is 1. The molecule has 0 saturated carbocycles. The SMILES string of the molecule is COC1CN(C(=O)c2cc(N)ccn2)CCC1C. The molecule has 2 heterocycles. The molecular formula is C13H19N3O2. The Morgan fingerprint density at radius 2 is 2.39 bits per heavy atom. The van der Waals surface area contributed by atoms with Crippen molar-refractivity contribution in [3.05, 3.63) is 24.0 Å². The third-order valence-electron chi connectivity index (χ3n) is 3.48. The molecule has 1 aliphatic rings. The van der Waals surface area contributed by atoms with Crippen LogP contribution in [0.2, 0.25) is 0 Å². The highest BCUT2D eigenvalue weighted by Crippen LogP contribution is 2.20. The lowest BCUT2D eigenvalue weighted by Gasteiger charge is -2.36. The summed E-state index contributed by atoms with van der Waals surface area (Å²) in [5.74, 6) is 0.407. The van der Waals surface area contributed by atoms with Gasteiger partial charge in [-0.1, -0.05) is 6.92 Å². The predicted octanol–water partition coefficient (Wildman–Crippen LogP) is 1.16. The average molecular weight is 249 g/mol. The molecule has 18 heavy (non-hydrogen) atoms. The number of hydrogen-bond donors (Lipinski definition) is 1. The second kappa shape index (κ2) is 5.35. The summed E-state index contributed by atoms with van der Waals surface area (Å²) in [7, 11) is 1.69. The van der Waals surface area contributed by atoms with Gasteiger partial charge in [-0.05, 0) is 24.5 Å². The summed E-state index contributed by atoms with van der Waals surface area (Å²) in [6, 6.07) is 3.29. The van der Waals surface area contributed by atoms with Crippen LogP contribution in [0.3, 0.4) is 0 Å². The molecule has 2 atom stereocenters. The summed E-state index contributed by atoms with van der Waals surface area (Å²) in [6.45, 7) is 3.51. The van der Waals surface area contributed by atoms with Crippen LogP contribution < -0.4 is 5.73 Å². The zero-order chi connectivity index (χ0) is 13.1. The van der Waals surface area contributed by atoms with E-state index >= 15 is 0 Å². The number of hydrogen-bond acceptors (Lipinski definition) is 4. The van der Waals surface area contributed by atoms with Crippen LogP contribution in [0.15, 0.2) is 18.3 Å². The monoisotopic (exact) mass is 249 g/mol. The van der Waals surface area contributed by atoms with Crippen molar-refractivity contribution in [2.75, 3.05) is 25.9 Å². The quantitative estimate of drug-likeness (QED) is 0.854. The van der Waals surface area contributed by atoms with Gasteiger partial charge in [-0.2, -0.15) is 0 Å². The number of methoxy groups -OCH3 is 1. The number of amides is 1. The Morgan fingerprint density at radius 3 is 3.06 bits per heavy atom. The van der Waals surface area contributed by atoms with E-state index in [1.807, 2.05) is 0 Å². The third kappa shape index (κ3) is 2.61. The maximum absolute atomic E-state index is 12.3. The van der Waals surface area contributed by atoms with Crippen LogP contribution in [0.4, 0.5) is 5.69 Å². The second-order valence-electron chi connectivity index (χ2n) is 4.77. The molecule has 2 unspecified atom stereocenters. The van der Waals surface area contributed by atoms with Crippen molar-refractivity contribution in [3.63, 3.8) is 0 Å². The lowest BCUT2D eigenvalue weighted by molar-refractivity contribution is -0.00177. The first-order chi connectivity index (χ1) is 8.61. The van der Waals surface area contributed by atoms with Gasteiger partial charge in [0.15, 0.2) is 0 Å². The van der Waals surface area contributed by atoms with Crippen LogP contribution in [-0.2, 0) is 4.74 Å². The van der Waals surface area contributed by atoms with E-state index in [2.05, 4.69) is 11.9 Å². The van der Waals surface area contributed by atoms with Gasteiger partial charge in [-0.3, -0.25) is 9.78 Å². The largest absolute Gasteiger partial charge is 0.399 e. The highest BCUT2D eigenvalue weighted by Gasteiger charge is 2.29. The summed E-state index contributed by atoms with van der Waals surface area (Å²) in [5, 5.41) is 0. The van der Waals surface area contributed by atoms with Crippen LogP contribution in [0.5, 0.6) is 0 Å².